The summed E-state index contributed by atoms with van der Waals surface area (Å²) in [6, 6.07) is 8.04. The van der Waals surface area contributed by atoms with Gasteiger partial charge in [0, 0.05) is 29.8 Å². The number of hydrogen-bond donors (Lipinski definition) is 0. The molecule has 1 aliphatic rings. The van der Waals surface area contributed by atoms with Gasteiger partial charge >= 0.3 is 0 Å². The third-order valence-corrected chi connectivity index (χ3v) is 4.23. The first-order valence-corrected chi connectivity index (χ1v) is 7.46. The van der Waals surface area contributed by atoms with E-state index in [-0.39, 0.29) is 5.78 Å². The highest BCUT2D eigenvalue weighted by atomic mass is 16.1. The maximum Gasteiger partial charge on any atom is 0.159 e. The van der Waals surface area contributed by atoms with Crippen molar-refractivity contribution in [1.29, 1.82) is 0 Å². The van der Waals surface area contributed by atoms with Crippen LogP contribution in [-0.4, -0.2) is 18.9 Å². The van der Waals surface area contributed by atoms with Gasteiger partial charge in [-0.2, -0.15) is 0 Å². The smallest absolute Gasteiger partial charge is 0.159 e. The lowest BCUT2D eigenvalue weighted by Gasteiger charge is -2.52. The Morgan fingerprint density at radius 2 is 1.84 bits per heavy atom. The van der Waals surface area contributed by atoms with Crippen molar-refractivity contribution in [2.75, 3.05) is 18.0 Å². The van der Waals surface area contributed by atoms with E-state index >= 15 is 0 Å². The minimum absolute atomic E-state index is 0.149. The zero-order chi connectivity index (χ0) is 13.9. The van der Waals surface area contributed by atoms with Crippen molar-refractivity contribution in [3.63, 3.8) is 0 Å². The van der Waals surface area contributed by atoms with Crippen molar-refractivity contribution in [2.24, 2.45) is 5.41 Å². The molecule has 0 radical (unpaired) electrons. The van der Waals surface area contributed by atoms with Crippen LogP contribution < -0.4 is 4.90 Å². The predicted molar refractivity (Wildman–Crippen MR) is 80.9 cm³/mol. The third-order valence-electron chi connectivity index (χ3n) is 4.23. The van der Waals surface area contributed by atoms with E-state index in [1.54, 1.807) is 6.92 Å². The van der Waals surface area contributed by atoms with E-state index in [4.69, 9.17) is 0 Å². The summed E-state index contributed by atoms with van der Waals surface area (Å²) in [7, 11) is 0. The topological polar surface area (TPSA) is 20.3 Å². The van der Waals surface area contributed by atoms with Crippen molar-refractivity contribution >= 4 is 11.5 Å². The first-order chi connectivity index (χ1) is 9.10. The lowest BCUT2D eigenvalue weighted by Crippen LogP contribution is -2.56. The summed E-state index contributed by atoms with van der Waals surface area (Å²) in [4.78, 5) is 13.9. The number of hydrogen-bond acceptors (Lipinski definition) is 2. The van der Waals surface area contributed by atoms with Crippen molar-refractivity contribution in [3.05, 3.63) is 29.8 Å². The van der Waals surface area contributed by atoms with Gasteiger partial charge < -0.3 is 4.90 Å². The van der Waals surface area contributed by atoms with Crippen molar-refractivity contribution < 1.29 is 4.79 Å². The highest BCUT2D eigenvalue weighted by molar-refractivity contribution is 5.95. The Bertz CT molecular complexity index is 438. The molecule has 2 rings (SSSR count). The molecule has 0 aliphatic carbocycles. The van der Waals surface area contributed by atoms with E-state index in [1.807, 2.05) is 18.2 Å². The monoisotopic (exact) mass is 259 g/mol. The molecule has 19 heavy (non-hydrogen) atoms. The number of anilines is 1. The maximum absolute atomic E-state index is 11.4. The molecule has 1 fully saturated rings. The summed E-state index contributed by atoms with van der Waals surface area (Å²) in [6.07, 6.45) is 5.18. The molecule has 0 unspecified atom stereocenters. The van der Waals surface area contributed by atoms with Gasteiger partial charge in [0.05, 0.1) is 0 Å². The van der Waals surface area contributed by atoms with E-state index in [0.29, 0.717) is 5.41 Å². The average molecular weight is 259 g/mol. The molecule has 0 bridgehead atoms. The minimum atomic E-state index is 0.149. The molecular weight excluding hydrogens is 234 g/mol. The SMILES string of the molecule is CCCC1(CCC)CN(c2cccc(C(C)=O)c2)C1. The summed E-state index contributed by atoms with van der Waals surface area (Å²) in [6.45, 7) is 8.48. The summed E-state index contributed by atoms with van der Waals surface area (Å²) in [5.41, 5.74) is 2.55. The van der Waals surface area contributed by atoms with Crippen LogP contribution in [-0.2, 0) is 0 Å². The van der Waals surface area contributed by atoms with Gasteiger partial charge in [-0.3, -0.25) is 4.79 Å². The maximum atomic E-state index is 11.4. The number of ketones is 1. The van der Waals surface area contributed by atoms with E-state index in [9.17, 15) is 4.79 Å². The molecule has 1 aromatic rings. The number of carbonyl (C=O) groups is 1. The molecule has 0 saturated carbocycles. The van der Waals surface area contributed by atoms with E-state index in [2.05, 4.69) is 24.8 Å². The molecule has 0 spiro atoms. The Labute approximate surface area is 116 Å². The van der Waals surface area contributed by atoms with Crippen LogP contribution in [0.25, 0.3) is 0 Å². The van der Waals surface area contributed by atoms with Gasteiger partial charge in [-0.1, -0.05) is 38.8 Å². The van der Waals surface area contributed by atoms with E-state index < -0.39 is 0 Å². The second-order valence-electron chi connectivity index (χ2n) is 5.96. The second-order valence-corrected chi connectivity index (χ2v) is 5.96. The lowest BCUT2D eigenvalue weighted by atomic mass is 9.72. The zero-order valence-corrected chi connectivity index (χ0v) is 12.4. The molecular formula is C17H25NO. The highest BCUT2D eigenvalue weighted by Gasteiger charge is 2.41. The Hall–Kier alpha value is -1.31. The Morgan fingerprint density at radius 3 is 2.37 bits per heavy atom. The van der Waals surface area contributed by atoms with Crippen LogP contribution in [0.4, 0.5) is 5.69 Å². The van der Waals surface area contributed by atoms with Gasteiger partial charge in [0.1, 0.15) is 0 Å². The molecule has 2 heteroatoms. The van der Waals surface area contributed by atoms with Crippen molar-refractivity contribution in [3.8, 4) is 0 Å². The normalized spacial score (nSPS) is 17.1. The number of benzene rings is 1. The van der Waals surface area contributed by atoms with Crippen molar-refractivity contribution in [2.45, 2.75) is 46.5 Å². The molecule has 104 valence electrons. The second kappa shape index (κ2) is 5.77. The molecule has 1 aromatic carbocycles. The summed E-state index contributed by atoms with van der Waals surface area (Å²) in [5, 5.41) is 0. The lowest BCUT2D eigenvalue weighted by molar-refractivity contribution is 0.101. The average Bonchev–Trinajstić information content (AvgIpc) is 2.35. The summed E-state index contributed by atoms with van der Waals surface area (Å²) < 4.78 is 0. The van der Waals surface area contributed by atoms with Crippen LogP contribution in [0, 0.1) is 5.41 Å². The highest BCUT2D eigenvalue weighted by Crippen LogP contribution is 2.41. The standard InChI is InChI=1S/C17H25NO/c1-4-9-17(10-5-2)12-18(13-17)16-8-6-7-15(11-16)14(3)19/h6-8,11H,4-5,9-10,12-13H2,1-3H3. The fraction of sp³-hybridized carbons (Fsp3) is 0.588. The quantitative estimate of drug-likeness (QED) is 0.710. The molecule has 0 atom stereocenters. The molecule has 0 aromatic heterocycles. The van der Waals surface area contributed by atoms with Gasteiger partial charge in [0.15, 0.2) is 5.78 Å². The number of rotatable bonds is 6. The summed E-state index contributed by atoms with van der Waals surface area (Å²) >= 11 is 0. The zero-order valence-electron chi connectivity index (χ0n) is 12.4. The number of carbonyl (C=O) groups excluding carboxylic acids is 1. The van der Waals surface area contributed by atoms with E-state index in [1.165, 1.54) is 31.4 Å². The van der Waals surface area contributed by atoms with E-state index in [0.717, 1.165) is 18.7 Å². The first kappa shape index (κ1) is 14.1. The fourth-order valence-electron chi connectivity index (χ4n) is 3.37. The molecule has 2 nitrogen and oxygen atoms in total. The van der Waals surface area contributed by atoms with Crippen LogP contribution in [0.1, 0.15) is 56.8 Å². The summed E-state index contributed by atoms with van der Waals surface area (Å²) in [5.74, 6) is 0.149. The van der Waals surface area contributed by atoms with Gasteiger partial charge in [0.2, 0.25) is 0 Å². The number of nitrogens with zero attached hydrogens (tertiary/aromatic N) is 1. The third kappa shape index (κ3) is 2.99. The van der Waals surface area contributed by atoms with Gasteiger partial charge in [0.25, 0.3) is 0 Å². The van der Waals surface area contributed by atoms with Crippen LogP contribution in [0.3, 0.4) is 0 Å². The molecule has 1 aliphatic heterocycles. The molecule has 0 amide bonds. The number of Topliss-reactive ketones (excluding diaryl/α,β-unsaturated/α-hetero) is 1. The molecule has 1 heterocycles. The largest absolute Gasteiger partial charge is 0.370 e. The van der Waals surface area contributed by atoms with Crippen LogP contribution in [0.5, 0.6) is 0 Å². The Morgan fingerprint density at radius 1 is 1.21 bits per heavy atom. The first-order valence-electron chi connectivity index (χ1n) is 7.46. The Balaban J connectivity index is 2.06. The fourth-order valence-corrected chi connectivity index (χ4v) is 3.37. The minimum Gasteiger partial charge on any atom is -0.370 e. The van der Waals surface area contributed by atoms with Crippen molar-refractivity contribution in [1.82, 2.24) is 0 Å². The van der Waals surface area contributed by atoms with Gasteiger partial charge in [-0.15, -0.1) is 0 Å². The van der Waals surface area contributed by atoms with Crippen LogP contribution in [0.2, 0.25) is 0 Å². The van der Waals surface area contributed by atoms with Gasteiger partial charge in [-0.05, 0) is 31.9 Å². The Kier molecular flexibility index (Phi) is 4.28. The molecule has 0 N–H and O–H groups in total. The molecule has 1 saturated heterocycles. The van der Waals surface area contributed by atoms with Gasteiger partial charge in [-0.25, -0.2) is 0 Å². The van der Waals surface area contributed by atoms with Crippen LogP contribution >= 0.6 is 0 Å². The predicted octanol–water partition coefficient (Wildman–Crippen LogP) is 4.30. The van der Waals surface area contributed by atoms with Crippen LogP contribution in [0.15, 0.2) is 24.3 Å².